The molecule has 21 heavy (non-hydrogen) atoms. The molecule has 0 amide bonds. The molecular weight excluding hydrogens is 307 g/mol. The van der Waals surface area contributed by atoms with Crippen LogP contribution in [-0.2, 0) is 6.54 Å². The van der Waals surface area contributed by atoms with Crippen molar-refractivity contribution in [2.45, 2.75) is 6.54 Å². The highest BCUT2D eigenvalue weighted by Crippen LogP contribution is 2.28. The molecule has 0 atom stereocenters. The lowest BCUT2D eigenvalue weighted by Crippen LogP contribution is -2.01. The first-order valence-corrected chi connectivity index (χ1v) is 7.66. The fourth-order valence-corrected chi connectivity index (χ4v) is 2.95. The van der Waals surface area contributed by atoms with Crippen LogP contribution in [0.25, 0.3) is 10.4 Å². The van der Waals surface area contributed by atoms with E-state index < -0.39 is 0 Å². The first kappa shape index (κ1) is 14.0. The number of rotatable bonds is 4. The van der Waals surface area contributed by atoms with Gasteiger partial charge in [-0.2, -0.15) is 0 Å². The van der Waals surface area contributed by atoms with Crippen molar-refractivity contribution in [3.8, 4) is 10.4 Å². The zero-order valence-corrected chi connectivity index (χ0v) is 12.6. The lowest BCUT2D eigenvalue weighted by molar-refractivity contribution is 0.631. The van der Waals surface area contributed by atoms with E-state index in [0.29, 0.717) is 17.3 Å². The highest BCUT2D eigenvalue weighted by molar-refractivity contribution is 7.13. The van der Waals surface area contributed by atoms with Crippen LogP contribution in [0, 0.1) is 5.82 Å². The lowest BCUT2D eigenvalue weighted by atomic mass is 10.1. The predicted molar refractivity (Wildman–Crippen MR) is 86.3 cm³/mol. The standard InChI is InChI=1S/C16H12ClFN2S/c17-16-14(3-1-7-19-16)20-10-11-5-6-13(18)12(9-11)15-4-2-8-21-15/h1-9,20H,10H2. The van der Waals surface area contributed by atoms with Crippen LogP contribution in [0.2, 0.25) is 5.15 Å². The van der Waals surface area contributed by atoms with Crippen molar-refractivity contribution in [1.29, 1.82) is 0 Å². The van der Waals surface area contributed by atoms with Crippen molar-refractivity contribution in [3.63, 3.8) is 0 Å². The van der Waals surface area contributed by atoms with Crippen LogP contribution >= 0.6 is 22.9 Å². The van der Waals surface area contributed by atoms with E-state index in [-0.39, 0.29) is 5.82 Å². The summed E-state index contributed by atoms with van der Waals surface area (Å²) >= 11 is 7.52. The van der Waals surface area contributed by atoms with Crippen molar-refractivity contribution < 1.29 is 4.39 Å². The molecule has 3 rings (SSSR count). The number of pyridine rings is 1. The molecule has 106 valence electrons. The normalized spacial score (nSPS) is 10.6. The van der Waals surface area contributed by atoms with Gasteiger partial charge in [-0.3, -0.25) is 0 Å². The number of nitrogens with zero attached hydrogens (tertiary/aromatic N) is 1. The molecule has 0 spiro atoms. The average Bonchev–Trinajstić information content (AvgIpc) is 3.02. The Labute approximate surface area is 131 Å². The Morgan fingerprint density at radius 1 is 1.19 bits per heavy atom. The van der Waals surface area contributed by atoms with Crippen LogP contribution in [-0.4, -0.2) is 4.98 Å². The Hall–Kier alpha value is -1.91. The summed E-state index contributed by atoms with van der Waals surface area (Å²) in [6.45, 7) is 0.560. The van der Waals surface area contributed by atoms with Gasteiger partial charge in [-0.05, 0) is 41.3 Å². The van der Waals surface area contributed by atoms with Gasteiger partial charge >= 0.3 is 0 Å². The third-order valence-corrected chi connectivity index (χ3v) is 4.26. The number of benzene rings is 1. The van der Waals surface area contributed by atoms with Crippen LogP contribution in [0.4, 0.5) is 10.1 Å². The molecule has 0 aliphatic carbocycles. The van der Waals surface area contributed by atoms with Gasteiger partial charge in [-0.25, -0.2) is 9.37 Å². The second-order valence-corrected chi connectivity index (χ2v) is 5.79. The van der Waals surface area contributed by atoms with E-state index in [9.17, 15) is 4.39 Å². The van der Waals surface area contributed by atoms with Gasteiger partial charge in [0.1, 0.15) is 5.82 Å². The number of halogens is 2. The summed E-state index contributed by atoms with van der Waals surface area (Å²) in [6.07, 6.45) is 1.64. The first-order valence-electron chi connectivity index (χ1n) is 6.41. The van der Waals surface area contributed by atoms with Crippen LogP contribution in [0.15, 0.2) is 54.0 Å². The van der Waals surface area contributed by atoms with Gasteiger partial charge < -0.3 is 5.32 Å². The Balaban J connectivity index is 1.81. The molecule has 0 fully saturated rings. The first-order chi connectivity index (χ1) is 10.2. The fourth-order valence-electron chi connectivity index (χ4n) is 2.02. The highest BCUT2D eigenvalue weighted by Gasteiger charge is 2.07. The molecule has 0 bridgehead atoms. The fraction of sp³-hybridized carbons (Fsp3) is 0.0625. The molecule has 1 N–H and O–H groups in total. The smallest absolute Gasteiger partial charge is 0.152 e. The molecule has 0 radical (unpaired) electrons. The SMILES string of the molecule is Fc1ccc(CNc2cccnc2Cl)cc1-c1cccs1. The van der Waals surface area contributed by atoms with Crippen molar-refractivity contribution in [1.82, 2.24) is 4.98 Å². The minimum atomic E-state index is -0.208. The molecule has 2 heterocycles. The largest absolute Gasteiger partial charge is 0.378 e. The zero-order chi connectivity index (χ0) is 14.7. The Kier molecular flexibility index (Phi) is 4.18. The molecule has 2 aromatic heterocycles. The zero-order valence-electron chi connectivity index (χ0n) is 11.0. The summed E-state index contributed by atoms with van der Waals surface area (Å²) in [4.78, 5) is 4.93. The molecule has 1 aromatic carbocycles. The highest BCUT2D eigenvalue weighted by atomic mass is 35.5. The van der Waals surface area contributed by atoms with E-state index in [2.05, 4.69) is 10.3 Å². The molecule has 5 heteroatoms. The Morgan fingerprint density at radius 2 is 2.10 bits per heavy atom. The van der Waals surface area contributed by atoms with E-state index in [1.165, 1.54) is 17.4 Å². The maximum atomic E-state index is 13.9. The van der Waals surface area contributed by atoms with Gasteiger partial charge in [-0.1, -0.05) is 23.7 Å². The minimum Gasteiger partial charge on any atom is -0.378 e. The van der Waals surface area contributed by atoms with Crippen molar-refractivity contribution >= 4 is 28.6 Å². The summed E-state index contributed by atoms with van der Waals surface area (Å²) in [5.74, 6) is -0.208. The van der Waals surface area contributed by atoms with Gasteiger partial charge in [0.15, 0.2) is 5.15 Å². The van der Waals surface area contributed by atoms with Gasteiger partial charge in [0.25, 0.3) is 0 Å². The summed E-state index contributed by atoms with van der Waals surface area (Å²) in [6, 6.07) is 12.6. The van der Waals surface area contributed by atoms with Crippen LogP contribution in [0.3, 0.4) is 0 Å². The number of aromatic nitrogens is 1. The molecule has 3 aromatic rings. The summed E-state index contributed by atoms with van der Waals surface area (Å²) < 4.78 is 13.9. The van der Waals surface area contributed by atoms with Crippen molar-refractivity contribution in [2.75, 3.05) is 5.32 Å². The number of anilines is 1. The molecule has 0 saturated heterocycles. The van der Waals surface area contributed by atoms with E-state index >= 15 is 0 Å². The minimum absolute atomic E-state index is 0.208. The van der Waals surface area contributed by atoms with Crippen LogP contribution < -0.4 is 5.32 Å². The summed E-state index contributed by atoms with van der Waals surface area (Å²) in [5, 5.41) is 5.58. The van der Waals surface area contributed by atoms with Crippen LogP contribution in [0.1, 0.15) is 5.56 Å². The lowest BCUT2D eigenvalue weighted by Gasteiger charge is -2.09. The van der Waals surface area contributed by atoms with Crippen molar-refractivity contribution in [3.05, 3.63) is 70.6 Å². The second kappa shape index (κ2) is 6.24. The monoisotopic (exact) mass is 318 g/mol. The molecule has 0 aliphatic heterocycles. The quantitative estimate of drug-likeness (QED) is 0.667. The maximum Gasteiger partial charge on any atom is 0.152 e. The molecule has 0 unspecified atom stereocenters. The topological polar surface area (TPSA) is 24.9 Å². The third-order valence-electron chi connectivity index (χ3n) is 3.06. The molecule has 0 aliphatic rings. The van der Waals surface area contributed by atoms with Crippen LogP contribution in [0.5, 0.6) is 0 Å². The molecular formula is C16H12ClFN2S. The Morgan fingerprint density at radius 3 is 2.86 bits per heavy atom. The number of hydrogen-bond donors (Lipinski definition) is 1. The number of hydrogen-bond acceptors (Lipinski definition) is 3. The third kappa shape index (κ3) is 3.23. The van der Waals surface area contributed by atoms with Gasteiger partial charge in [0, 0.05) is 23.2 Å². The van der Waals surface area contributed by atoms with E-state index in [1.807, 2.05) is 35.7 Å². The average molecular weight is 319 g/mol. The van der Waals surface area contributed by atoms with Gasteiger partial charge in [-0.15, -0.1) is 11.3 Å². The second-order valence-electron chi connectivity index (χ2n) is 4.49. The summed E-state index contributed by atoms with van der Waals surface area (Å²) in [7, 11) is 0. The van der Waals surface area contributed by atoms with Gasteiger partial charge in [0.2, 0.25) is 0 Å². The summed E-state index contributed by atoms with van der Waals surface area (Å²) in [5.41, 5.74) is 2.38. The van der Waals surface area contributed by atoms with E-state index in [1.54, 1.807) is 12.3 Å². The Bertz CT molecular complexity index is 744. The predicted octanol–water partition coefficient (Wildman–Crippen LogP) is 5.21. The van der Waals surface area contributed by atoms with E-state index in [0.717, 1.165) is 16.1 Å². The molecule has 0 saturated carbocycles. The maximum absolute atomic E-state index is 13.9. The van der Waals surface area contributed by atoms with E-state index in [4.69, 9.17) is 11.6 Å². The number of nitrogens with one attached hydrogen (secondary N) is 1. The van der Waals surface area contributed by atoms with Gasteiger partial charge in [0.05, 0.1) is 5.69 Å². The number of thiophene rings is 1. The van der Waals surface area contributed by atoms with Crippen molar-refractivity contribution in [2.24, 2.45) is 0 Å². The molecule has 2 nitrogen and oxygen atoms in total.